The molecule has 5 nitrogen and oxygen atoms in total. The van der Waals surface area contributed by atoms with E-state index in [2.05, 4.69) is 64.3 Å². The summed E-state index contributed by atoms with van der Waals surface area (Å²) in [5.74, 6) is 1.26. The second-order valence-electron chi connectivity index (χ2n) is 10.6. The van der Waals surface area contributed by atoms with Crippen LogP contribution >= 0.6 is 0 Å². The first-order chi connectivity index (χ1) is 15.0. The molecule has 0 aromatic heterocycles. The minimum Gasteiger partial charge on any atom is -0.496 e. The zero-order valence-electron chi connectivity index (χ0n) is 20.7. The maximum atomic E-state index is 13.6. The Hall–Kier alpha value is -2.53. The molecule has 2 N–H and O–H groups in total. The molecule has 0 saturated carbocycles. The molecule has 0 radical (unpaired) electrons. The molecular weight excluding hydrogens is 398 g/mol. The Morgan fingerprint density at radius 3 is 2.22 bits per heavy atom. The van der Waals surface area contributed by atoms with Crippen LogP contribution in [-0.2, 0) is 6.54 Å². The second kappa shape index (κ2) is 9.53. The molecule has 174 valence electrons. The Morgan fingerprint density at radius 2 is 1.66 bits per heavy atom. The molecule has 2 aromatic rings. The lowest BCUT2D eigenvalue weighted by Gasteiger charge is -2.49. The Kier molecular flexibility index (Phi) is 7.19. The summed E-state index contributed by atoms with van der Waals surface area (Å²) < 4.78 is 5.58. The van der Waals surface area contributed by atoms with Crippen LogP contribution in [0.15, 0.2) is 48.5 Å². The number of benzene rings is 2. The van der Waals surface area contributed by atoms with Gasteiger partial charge in [-0.25, -0.2) is 4.79 Å². The summed E-state index contributed by atoms with van der Waals surface area (Å²) in [6.45, 7) is 13.7. The number of ether oxygens (including phenoxy) is 1. The van der Waals surface area contributed by atoms with Gasteiger partial charge in [-0.15, -0.1) is 0 Å². The van der Waals surface area contributed by atoms with Crippen LogP contribution in [0.5, 0.6) is 5.75 Å². The predicted octanol–water partition coefficient (Wildman–Crippen LogP) is 6.16. The molecule has 1 saturated heterocycles. The Morgan fingerprint density at radius 1 is 1.06 bits per heavy atom. The van der Waals surface area contributed by atoms with Crippen LogP contribution in [0, 0.1) is 0 Å². The third-order valence-electron chi connectivity index (χ3n) is 6.23. The lowest BCUT2D eigenvalue weighted by atomic mass is 9.79. The van der Waals surface area contributed by atoms with Crippen LogP contribution in [0.2, 0.25) is 0 Å². The van der Waals surface area contributed by atoms with E-state index in [1.807, 2.05) is 41.3 Å². The van der Waals surface area contributed by atoms with Gasteiger partial charge in [0, 0.05) is 28.4 Å². The topological polar surface area (TPSA) is 53.6 Å². The van der Waals surface area contributed by atoms with Crippen LogP contribution in [-0.4, -0.2) is 35.2 Å². The first-order valence-corrected chi connectivity index (χ1v) is 11.6. The van der Waals surface area contributed by atoms with Gasteiger partial charge in [-0.2, -0.15) is 0 Å². The maximum Gasteiger partial charge on any atom is 0.322 e. The standard InChI is InChI=1S/C27H39N3O2/c1-19(2)20-12-14-22(15-13-20)28-25(31)30(18-21-10-8-9-11-24(21)32-7)23-16-26(3,4)29-27(5,6)17-23/h8-15,19,23,29H,16-18H2,1-7H3,(H,28,31). The number of nitrogens with zero attached hydrogens (tertiary/aromatic N) is 1. The summed E-state index contributed by atoms with van der Waals surface area (Å²) in [5, 5.41) is 6.87. The highest BCUT2D eigenvalue weighted by atomic mass is 16.5. The van der Waals surface area contributed by atoms with E-state index in [9.17, 15) is 4.79 Å². The fraction of sp³-hybridized carbons (Fsp3) is 0.519. The second-order valence-corrected chi connectivity index (χ2v) is 10.6. The lowest BCUT2D eigenvalue weighted by Crippen LogP contribution is -2.63. The van der Waals surface area contributed by atoms with E-state index in [1.54, 1.807) is 7.11 Å². The largest absolute Gasteiger partial charge is 0.496 e. The molecule has 0 atom stereocenters. The number of hydrogen-bond donors (Lipinski definition) is 2. The number of urea groups is 1. The van der Waals surface area contributed by atoms with Crippen LogP contribution in [0.4, 0.5) is 10.5 Å². The summed E-state index contributed by atoms with van der Waals surface area (Å²) in [7, 11) is 1.68. The van der Waals surface area contributed by atoms with Gasteiger partial charge in [0.25, 0.3) is 0 Å². The number of anilines is 1. The van der Waals surface area contributed by atoms with Crippen molar-refractivity contribution in [2.45, 2.75) is 84.0 Å². The van der Waals surface area contributed by atoms with Gasteiger partial charge in [-0.1, -0.05) is 44.2 Å². The van der Waals surface area contributed by atoms with Gasteiger partial charge >= 0.3 is 6.03 Å². The molecule has 3 rings (SSSR count). The molecule has 32 heavy (non-hydrogen) atoms. The van der Waals surface area contributed by atoms with Crippen LogP contribution < -0.4 is 15.4 Å². The van der Waals surface area contributed by atoms with E-state index < -0.39 is 0 Å². The molecule has 5 heteroatoms. The molecule has 0 aliphatic carbocycles. The van der Waals surface area contributed by atoms with Crippen molar-refractivity contribution in [1.82, 2.24) is 10.2 Å². The van der Waals surface area contributed by atoms with E-state index in [-0.39, 0.29) is 23.2 Å². The summed E-state index contributed by atoms with van der Waals surface area (Å²) in [6, 6.07) is 16.1. The van der Waals surface area contributed by atoms with Gasteiger partial charge < -0.3 is 20.3 Å². The van der Waals surface area contributed by atoms with Crippen molar-refractivity contribution in [1.29, 1.82) is 0 Å². The fourth-order valence-electron chi connectivity index (χ4n) is 5.02. The van der Waals surface area contributed by atoms with Crippen molar-refractivity contribution in [2.24, 2.45) is 0 Å². The van der Waals surface area contributed by atoms with Crippen LogP contribution in [0.1, 0.15) is 71.4 Å². The van der Waals surface area contributed by atoms with Gasteiger partial charge in [0.2, 0.25) is 0 Å². The van der Waals surface area contributed by atoms with Crippen LogP contribution in [0.25, 0.3) is 0 Å². The third kappa shape index (κ3) is 6.04. The number of methoxy groups -OCH3 is 1. The average Bonchev–Trinajstić information content (AvgIpc) is 2.70. The molecule has 1 aliphatic heterocycles. The average molecular weight is 438 g/mol. The monoisotopic (exact) mass is 437 g/mol. The first-order valence-electron chi connectivity index (χ1n) is 11.6. The van der Waals surface area contributed by atoms with Gasteiger partial charge in [0.15, 0.2) is 0 Å². The quantitative estimate of drug-likeness (QED) is 0.569. The minimum absolute atomic E-state index is 0.0648. The Bertz CT molecular complexity index is 903. The molecule has 1 heterocycles. The molecule has 0 spiro atoms. The normalized spacial score (nSPS) is 17.8. The number of amides is 2. The van der Waals surface area contributed by atoms with Crippen LogP contribution in [0.3, 0.4) is 0 Å². The van der Waals surface area contributed by atoms with E-state index in [0.29, 0.717) is 12.5 Å². The predicted molar refractivity (Wildman–Crippen MR) is 132 cm³/mol. The van der Waals surface area contributed by atoms with Crippen molar-refractivity contribution < 1.29 is 9.53 Å². The van der Waals surface area contributed by atoms with E-state index in [0.717, 1.165) is 29.8 Å². The zero-order valence-corrected chi connectivity index (χ0v) is 20.7. The van der Waals surface area contributed by atoms with E-state index in [4.69, 9.17) is 4.74 Å². The van der Waals surface area contributed by atoms with Gasteiger partial charge in [0.05, 0.1) is 13.7 Å². The number of rotatable bonds is 6. The van der Waals surface area contributed by atoms with Crippen molar-refractivity contribution in [3.8, 4) is 5.75 Å². The van der Waals surface area contributed by atoms with Crippen molar-refractivity contribution in [3.63, 3.8) is 0 Å². The summed E-state index contributed by atoms with van der Waals surface area (Å²) in [5.41, 5.74) is 2.96. The van der Waals surface area contributed by atoms with Crippen molar-refractivity contribution >= 4 is 11.7 Å². The number of carbonyl (C=O) groups excluding carboxylic acids is 1. The highest BCUT2D eigenvalue weighted by Gasteiger charge is 2.41. The molecule has 2 amide bonds. The number of nitrogens with one attached hydrogen (secondary N) is 2. The van der Waals surface area contributed by atoms with Gasteiger partial charge in [-0.3, -0.25) is 0 Å². The summed E-state index contributed by atoms with van der Waals surface area (Å²) >= 11 is 0. The zero-order chi connectivity index (χ0) is 23.5. The maximum absolute atomic E-state index is 13.6. The smallest absolute Gasteiger partial charge is 0.322 e. The first kappa shape index (κ1) is 24.1. The third-order valence-corrected chi connectivity index (χ3v) is 6.23. The van der Waals surface area contributed by atoms with Crippen molar-refractivity contribution in [3.05, 3.63) is 59.7 Å². The minimum atomic E-state index is -0.0771. The van der Waals surface area contributed by atoms with E-state index >= 15 is 0 Å². The van der Waals surface area contributed by atoms with Crippen molar-refractivity contribution in [2.75, 3.05) is 12.4 Å². The molecule has 1 aliphatic rings. The van der Waals surface area contributed by atoms with Gasteiger partial charge in [0.1, 0.15) is 5.75 Å². The molecule has 0 bridgehead atoms. The molecule has 2 aromatic carbocycles. The number of hydrogen-bond acceptors (Lipinski definition) is 3. The summed E-state index contributed by atoms with van der Waals surface area (Å²) in [4.78, 5) is 15.6. The fourth-order valence-corrected chi connectivity index (χ4v) is 5.02. The molecule has 0 unspecified atom stereocenters. The number of para-hydroxylation sites is 1. The van der Waals surface area contributed by atoms with E-state index in [1.165, 1.54) is 5.56 Å². The molecule has 1 fully saturated rings. The highest BCUT2D eigenvalue weighted by Crippen LogP contribution is 2.33. The molecular formula is C27H39N3O2. The summed E-state index contributed by atoms with van der Waals surface area (Å²) in [6.07, 6.45) is 1.76. The number of carbonyl (C=O) groups is 1. The lowest BCUT2D eigenvalue weighted by molar-refractivity contribution is 0.0832. The number of piperidine rings is 1. The SMILES string of the molecule is COc1ccccc1CN(C(=O)Nc1ccc(C(C)C)cc1)C1CC(C)(C)NC(C)(C)C1. The van der Waals surface area contributed by atoms with Gasteiger partial charge in [-0.05, 0) is 70.2 Å². The highest BCUT2D eigenvalue weighted by molar-refractivity contribution is 5.89. The Balaban J connectivity index is 1.89. The Labute approximate surface area is 193 Å².